The lowest BCUT2D eigenvalue weighted by Crippen LogP contribution is -2.25. The minimum atomic E-state index is 0.340. The molecule has 0 saturated carbocycles. The Labute approximate surface area is 105 Å². The monoisotopic (exact) mass is 235 g/mol. The molecular formula is C15H25NO. The van der Waals surface area contributed by atoms with Gasteiger partial charge in [0.05, 0.1) is 7.11 Å². The van der Waals surface area contributed by atoms with Crippen LogP contribution >= 0.6 is 0 Å². The first-order valence-electron chi connectivity index (χ1n) is 6.59. The fourth-order valence-electron chi connectivity index (χ4n) is 2.05. The predicted octanol–water partition coefficient (Wildman–Crippen LogP) is 3.78. The molecule has 0 aliphatic heterocycles. The molecule has 0 amide bonds. The van der Waals surface area contributed by atoms with Gasteiger partial charge in [-0.2, -0.15) is 0 Å². The highest BCUT2D eigenvalue weighted by Gasteiger charge is 2.11. The number of rotatable bonds is 7. The van der Waals surface area contributed by atoms with Crippen molar-refractivity contribution >= 4 is 0 Å². The van der Waals surface area contributed by atoms with Gasteiger partial charge in [0.15, 0.2) is 0 Å². The SMILES string of the molecule is CCC(CC)CN[C@H](C)c1ccccc1OC. The van der Waals surface area contributed by atoms with Crippen LogP contribution in [0.15, 0.2) is 24.3 Å². The van der Waals surface area contributed by atoms with Crippen molar-refractivity contribution in [2.24, 2.45) is 5.92 Å². The summed E-state index contributed by atoms with van der Waals surface area (Å²) in [5, 5.41) is 3.60. The van der Waals surface area contributed by atoms with Crippen LogP contribution in [0.5, 0.6) is 5.75 Å². The van der Waals surface area contributed by atoms with Crippen LogP contribution in [0.2, 0.25) is 0 Å². The second-order valence-electron chi connectivity index (χ2n) is 4.55. The van der Waals surface area contributed by atoms with E-state index in [-0.39, 0.29) is 0 Å². The molecule has 0 spiro atoms. The van der Waals surface area contributed by atoms with Gasteiger partial charge in [0.1, 0.15) is 5.75 Å². The number of para-hydroxylation sites is 1. The predicted molar refractivity (Wildman–Crippen MR) is 73.5 cm³/mol. The maximum Gasteiger partial charge on any atom is 0.123 e. The number of hydrogen-bond acceptors (Lipinski definition) is 2. The molecule has 0 aliphatic rings. The molecule has 0 heterocycles. The van der Waals surface area contributed by atoms with Crippen molar-refractivity contribution in [3.63, 3.8) is 0 Å². The van der Waals surface area contributed by atoms with E-state index in [0.717, 1.165) is 18.2 Å². The quantitative estimate of drug-likeness (QED) is 0.776. The maximum atomic E-state index is 5.39. The number of ether oxygens (including phenoxy) is 1. The molecule has 17 heavy (non-hydrogen) atoms. The van der Waals surface area contributed by atoms with Gasteiger partial charge < -0.3 is 10.1 Å². The Bertz CT molecular complexity index is 320. The molecular weight excluding hydrogens is 210 g/mol. The van der Waals surface area contributed by atoms with Gasteiger partial charge in [0.25, 0.3) is 0 Å². The van der Waals surface area contributed by atoms with Gasteiger partial charge >= 0.3 is 0 Å². The normalized spacial score (nSPS) is 12.8. The van der Waals surface area contributed by atoms with Crippen LogP contribution in [-0.2, 0) is 0 Å². The summed E-state index contributed by atoms with van der Waals surface area (Å²) in [6.45, 7) is 7.78. The van der Waals surface area contributed by atoms with E-state index in [2.05, 4.69) is 38.2 Å². The molecule has 0 saturated heterocycles. The largest absolute Gasteiger partial charge is 0.496 e. The van der Waals surface area contributed by atoms with Crippen LogP contribution in [0, 0.1) is 5.92 Å². The summed E-state index contributed by atoms with van der Waals surface area (Å²) in [7, 11) is 1.73. The highest BCUT2D eigenvalue weighted by molar-refractivity contribution is 5.35. The standard InChI is InChI=1S/C15H25NO/c1-5-13(6-2)11-16-12(3)14-9-7-8-10-15(14)17-4/h7-10,12-13,16H,5-6,11H2,1-4H3/t12-/m1/s1. The number of methoxy groups -OCH3 is 1. The number of hydrogen-bond donors (Lipinski definition) is 1. The zero-order chi connectivity index (χ0) is 12.7. The van der Waals surface area contributed by atoms with Gasteiger partial charge in [-0.1, -0.05) is 44.9 Å². The minimum Gasteiger partial charge on any atom is -0.496 e. The van der Waals surface area contributed by atoms with E-state index in [1.165, 1.54) is 18.4 Å². The Morgan fingerprint density at radius 3 is 2.41 bits per heavy atom. The van der Waals surface area contributed by atoms with Gasteiger partial charge in [-0.05, 0) is 25.5 Å². The van der Waals surface area contributed by atoms with Crippen LogP contribution in [0.1, 0.15) is 45.2 Å². The van der Waals surface area contributed by atoms with Crippen molar-refractivity contribution in [2.45, 2.75) is 39.7 Å². The highest BCUT2D eigenvalue weighted by atomic mass is 16.5. The molecule has 1 aromatic rings. The zero-order valence-corrected chi connectivity index (χ0v) is 11.5. The third-order valence-corrected chi connectivity index (χ3v) is 3.47. The van der Waals surface area contributed by atoms with Crippen LogP contribution in [0.3, 0.4) is 0 Å². The fourth-order valence-corrected chi connectivity index (χ4v) is 2.05. The Hall–Kier alpha value is -1.02. The maximum absolute atomic E-state index is 5.39. The van der Waals surface area contributed by atoms with E-state index in [0.29, 0.717) is 6.04 Å². The summed E-state index contributed by atoms with van der Waals surface area (Å²) in [4.78, 5) is 0. The fraction of sp³-hybridized carbons (Fsp3) is 0.600. The smallest absolute Gasteiger partial charge is 0.123 e. The highest BCUT2D eigenvalue weighted by Crippen LogP contribution is 2.24. The molecule has 0 aromatic heterocycles. The van der Waals surface area contributed by atoms with Crippen LogP contribution in [-0.4, -0.2) is 13.7 Å². The Balaban J connectivity index is 2.60. The van der Waals surface area contributed by atoms with Gasteiger partial charge in [-0.3, -0.25) is 0 Å². The van der Waals surface area contributed by atoms with Crippen molar-refractivity contribution in [1.29, 1.82) is 0 Å². The molecule has 2 heteroatoms. The summed E-state index contributed by atoms with van der Waals surface area (Å²) in [6.07, 6.45) is 2.48. The van der Waals surface area contributed by atoms with Crippen molar-refractivity contribution in [2.75, 3.05) is 13.7 Å². The molecule has 0 fully saturated rings. The van der Waals surface area contributed by atoms with Crippen molar-refractivity contribution in [3.05, 3.63) is 29.8 Å². The lowest BCUT2D eigenvalue weighted by Gasteiger charge is -2.20. The van der Waals surface area contributed by atoms with Crippen molar-refractivity contribution in [1.82, 2.24) is 5.32 Å². The molecule has 96 valence electrons. The third-order valence-electron chi connectivity index (χ3n) is 3.47. The molecule has 1 rings (SSSR count). The summed E-state index contributed by atoms with van der Waals surface area (Å²) in [5.41, 5.74) is 1.24. The second kappa shape index (κ2) is 7.33. The number of benzene rings is 1. The third kappa shape index (κ3) is 4.04. The average molecular weight is 235 g/mol. The van der Waals surface area contributed by atoms with Gasteiger partial charge in [-0.25, -0.2) is 0 Å². The van der Waals surface area contributed by atoms with Crippen LogP contribution in [0.25, 0.3) is 0 Å². The van der Waals surface area contributed by atoms with Gasteiger partial charge in [0, 0.05) is 11.6 Å². The average Bonchev–Trinajstić information content (AvgIpc) is 2.39. The molecule has 1 aromatic carbocycles. The molecule has 0 radical (unpaired) electrons. The minimum absolute atomic E-state index is 0.340. The Morgan fingerprint density at radius 1 is 1.18 bits per heavy atom. The van der Waals surface area contributed by atoms with E-state index in [9.17, 15) is 0 Å². The van der Waals surface area contributed by atoms with Crippen molar-refractivity contribution < 1.29 is 4.74 Å². The topological polar surface area (TPSA) is 21.3 Å². The first-order chi connectivity index (χ1) is 8.22. The summed E-state index contributed by atoms with van der Waals surface area (Å²) >= 11 is 0. The van der Waals surface area contributed by atoms with E-state index in [1.807, 2.05) is 12.1 Å². The molecule has 1 N–H and O–H groups in total. The molecule has 1 atom stereocenters. The first kappa shape index (κ1) is 14.0. The van der Waals surface area contributed by atoms with Crippen LogP contribution in [0.4, 0.5) is 0 Å². The van der Waals surface area contributed by atoms with E-state index in [1.54, 1.807) is 7.11 Å². The summed E-state index contributed by atoms with van der Waals surface area (Å²) < 4.78 is 5.39. The van der Waals surface area contributed by atoms with Crippen molar-refractivity contribution in [3.8, 4) is 5.75 Å². The van der Waals surface area contributed by atoms with E-state index < -0.39 is 0 Å². The summed E-state index contributed by atoms with van der Waals surface area (Å²) in [6, 6.07) is 8.56. The second-order valence-corrected chi connectivity index (χ2v) is 4.55. The summed E-state index contributed by atoms with van der Waals surface area (Å²) in [5.74, 6) is 1.74. The first-order valence-corrected chi connectivity index (χ1v) is 6.59. The lowest BCUT2D eigenvalue weighted by molar-refractivity contribution is 0.389. The molecule has 2 nitrogen and oxygen atoms in total. The molecule has 0 bridgehead atoms. The number of nitrogens with one attached hydrogen (secondary N) is 1. The van der Waals surface area contributed by atoms with E-state index >= 15 is 0 Å². The van der Waals surface area contributed by atoms with Gasteiger partial charge in [0.2, 0.25) is 0 Å². The van der Waals surface area contributed by atoms with Gasteiger partial charge in [-0.15, -0.1) is 0 Å². The zero-order valence-electron chi connectivity index (χ0n) is 11.5. The molecule has 0 aliphatic carbocycles. The molecule has 0 unspecified atom stereocenters. The lowest BCUT2D eigenvalue weighted by atomic mass is 10.0. The van der Waals surface area contributed by atoms with E-state index in [4.69, 9.17) is 4.74 Å². The Kier molecular flexibility index (Phi) is 6.06. The Morgan fingerprint density at radius 2 is 1.82 bits per heavy atom. The van der Waals surface area contributed by atoms with Crippen LogP contribution < -0.4 is 10.1 Å².